The Bertz CT molecular complexity index is 1390. The fourth-order valence-corrected chi connectivity index (χ4v) is 4.83. The van der Waals surface area contributed by atoms with E-state index in [0.717, 1.165) is 30.1 Å². The number of fused-ring (bicyclic) bond motifs is 1. The van der Waals surface area contributed by atoms with E-state index in [1.165, 1.54) is 17.4 Å². The molecule has 1 N–H and O–H groups in total. The summed E-state index contributed by atoms with van der Waals surface area (Å²) in [6.45, 7) is 3.02. The van der Waals surface area contributed by atoms with E-state index < -0.39 is 10.8 Å². The van der Waals surface area contributed by atoms with Crippen LogP contribution in [0.5, 0.6) is 5.75 Å². The van der Waals surface area contributed by atoms with Crippen molar-refractivity contribution in [3.05, 3.63) is 63.5 Å². The predicted molar refractivity (Wildman–Crippen MR) is 134 cm³/mol. The number of anilines is 2. The monoisotopic (exact) mass is 493 g/mol. The van der Waals surface area contributed by atoms with Gasteiger partial charge in [0.25, 0.3) is 17.5 Å². The fraction of sp³-hybridized carbons (Fsp3) is 0.261. The zero-order valence-electron chi connectivity index (χ0n) is 19.2. The molecule has 35 heavy (non-hydrogen) atoms. The third kappa shape index (κ3) is 4.53. The molecule has 1 amide bonds. The first-order valence-corrected chi connectivity index (χ1v) is 11.8. The highest BCUT2D eigenvalue weighted by Crippen LogP contribution is 2.31. The Hall–Kier alpha value is -4.03. The summed E-state index contributed by atoms with van der Waals surface area (Å²) < 4.78 is 6.86. The first-order valence-electron chi connectivity index (χ1n) is 10.9. The SMILES string of the molecule is COc1ccc(-c2csc3nc(NC(=O)c4ccc(N5CCN(C)CC5)c([N+](=O)[O-])c4)nn23)cc1. The molecule has 5 rings (SSSR count). The molecule has 1 aliphatic heterocycles. The maximum Gasteiger partial charge on any atom is 0.293 e. The van der Waals surface area contributed by atoms with Gasteiger partial charge >= 0.3 is 0 Å². The number of ether oxygens (including phenoxy) is 1. The molecule has 1 saturated heterocycles. The molecule has 4 aromatic rings. The van der Waals surface area contributed by atoms with Crippen LogP contribution in [-0.2, 0) is 0 Å². The van der Waals surface area contributed by atoms with E-state index in [2.05, 4.69) is 20.3 Å². The smallest absolute Gasteiger partial charge is 0.293 e. The van der Waals surface area contributed by atoms with Crippen LogP contribution >= 0.6 is 11.3 Å². The van der Waals surface area contributed by atoms with Crippen molar-refractivity contribution in [2.75, 3.05) is 50.6 Å². The summed E-state index contributed by atoms with van der Waals surface area (Å²) in [6.07, 6.45) is 0. The summed E-state index contributed by atoms with van der Waals surface area (Å²) in [7, 11) is 3.63. The number of amides is 1. The third-order valence-electron chi connectivity index (χ3n) is 5.97. The van der Waals surface area contributed by atoms with Gasteiger partial charge < -0.3 is 14.5 Å². The lowest BCUT2D eigenvalue weighted by molar-refractivity contribution is -0.384. The zero-order chi connectivity index (χ0) is 24.5. The normalized spacial score (nSPS) is 14.3. The summed E-state index contributed by atoms with van der Waals surface area (Å²) >= 11 is 1.40. The van der Waals surface area contributed by atoms with Crippen molar-refractivity contribution < 1.29 is 14.5 Å². The molecule has 0 saturated carbocycles. The summed E-state index contributed by atoms with van der Waals surface area (Å²) in [5, 5.41) is 20.8. The van der Waals surface area contributed by atoms with Gasteiger partial charge in [-0.3, -0.25) is 20.2 Å². The second-order valence-electron chi connectivity index (χ2n) is 8.18. The van der Waals surface area contributed by atoms with Gasteiger partial charge in [0.2, 0.25) is 4.96 Å². The molecule has 3 heterocycles. The van der Waals surface area contributed by atoms with Gasteiger partial charge in [-0.2, -0.15) is 4.98 Å². The van der Waals surface area contributed by atoms with Gasteiger partial charge in [-0.15, -0.1) is 16.4 Å². The summed E-state index contributed by atoms with van der Waals surface area (Å²) in [4.78, 5) is 33.3. The summed E-state index contributed by atoms with van der Waals surface area (Å²) in [6, 6.07) is 12.1. The van der Waals surface area contributed by atoms with Crippen LogP contribution in [0.15, 0.2) is 47.8 Å². The number of nitrogens with one attached hydrogen (secondary N) is 1. The number of piperazine rings is 1. The van der Waals surface area contributed by atoms with Gasteiger partial charge in [0.05, 0.1) is 17.7 Å². The van der Waals surface area contributed by atoms with Crippen molar-refractivity contribution >= 4 is 39.5 Å². The van der Waals surface area contributed by atoms with E-state index in [1.807, 2.05) is 41.6 Å². The topological polar surface area (TPSA) is 118 Å². The Kier molecular flexibility index (Phi) is 6.05. The van der Waals surface area contributed by atoms with Crippen molar-refractivity contribution in [1.29, 1.82) is 0 Å². The van der Waals surface area contributed by atoms with Gasteiger partial charge in [0, 0.05) is 48.8 Å². The van der Waals surface area contributed by atoms with Gasteiger partial charge in [0.1, 0.15) is 11.4 Å². The molecule has 1 aliphatic rings. The van der Waals surface area contributed by atoms with Crippen LogP contribution in [0.25, 0.3) is 16.2 Å². The fourth-order valence-electron chi connectivity index (χ4n) is 3.99. The molecule has 0 radical (unpaired) electrons. The minimum Gasteiger partial charge on any atom is -0.497 e. The Balaban J connectivity index is 1.37. The molecule has 12 heteroatoms. The Labute approximate surface area is 204 Å². The summed E-state index contributed by atoms with van der Waals surface area (Å²) in [5.74, 6) is 0.365. The number of benzene rings is 2. The highest BCUT2D eigenvalue weighted by molar-refractivity contribution is 7.15. The van der Waals surface area contributed by atoms with E-state index in [1.54, 1.807) is 23.8 Å². The minimum atomic E-state index is -0.512. The highest BCUT2D eigenvalue weighted by atomic mass is 32.1. The number of carbonyl (C=O) groups excluding carboxylic acids is 1. The molecule has 11 nitrogen and oxygen atoms in total. The first kappa shape index (κ1) is 22.7. The molecule has 0 unspecified atom stereocenters. The van der Waals surface area contributed by atoms with E-state index in [0.29, 0.717) is 23.7 Å². The minimum absolute atomic E-state index is 0.0947. The van der Waals surface area contributed by atoms with Crippen LogP contribution in [0.3, 0.4) is 0 Å². The van der Waals surface area contributed by atoms with Crippen molar-refractivity contribution in [3.8, 4) is 17.0 Å². The van der Waals surface area contributed by atoms with Gasteiger partial charge in [-0.1, -0.05) is 0 Å². The summed E-state index contributed by atoms with van der Waals surface area (Å²) in [5.41, 5.74) is 2.35. The number of nitrogens with zero attached hydrogens (tertiary/aromatic N) is 6. The van der Waals surface area contributed by atoms with Gasteiger partial charge in [-0.25, -0.2) is 4.52 Å². The van der Waals surface area contributed by atoms with Crippen molar-refractivity contribution in [2.24, 2.45) is 0 Å². The van der Waals surface area contributed by atoms with E-state index in [9.17, 15) is 14.9 Å². The number of aromatic nitrogens is 3. The van der Waals surface area contributed by atoms with Crippen LogP contribution in [0, 0.1) is 10.1 Å². The average molecular weight is 494 g/mol. The number of carbonyl (C=O) groups is 1. The number of hydrogen-bond donors (Lipinski definition) is 1. The lowest BCUT2D eigenvalue weighted by atomic mass is 10.1. The molecule has 1 fully saturated rings. The maximum atomic E-state index is 12.9. The van der Waals surface area contributed by atoms with E-state index in [-0.39, 0.29) is 17.2 Å². The second kappa shape index (κ2) is 9.31. The van der Waals surface area contributed by atoms with Crippen molar-refractivity contribution in [3.63, 3.8) is 0 Å². The highest BCUT2D eigenvalue weighted by Gasteiger charge is 2.25. The molecule has 2 aromatic heterocycles. The van der Waals surface area contributed by atoms with Crippen molar-refractivity contribution in [1.82, 2.24) is 19.5 Å². The largest absolute Gasteiger partial charge is 0.497 e. The van der Waals surface area contributed by atoms with E-state index >= 15 is 0 Å². The van der Waals surface area contributed by atoms with Crippen LogP contribution in [0.4, 0.5) is 17.3 Å². The van der Waals surface area contributed by atoms with Crippen LogP contribution in [0.2, 0.25) is 0 Å². The molecule has 2 aromatic carbocycles. The number of nitro groups is 1. The lowest BCUT2D eigenvalue weighted by Crippen LogP contribution is -2.44. The van der Waals surface area contributed by atoms with E-state index in [4.69, 9.17) is 4.74 Å². The molecule has 180 valence electrons. The standard InChI is InChI=1S/C23H23N7O4S/c1-27-9-11-28(12-10-27)18-8-5-16(13-19(18)30(32)33)21(31)24-22-25-23-29(26-22)20(14-35-23)15-3-6-17(34-2)7-4-15/h3-8,13-14H,9-12H2,1-2H3,(H,24,26,31). The number of hydrogen-bond acceptors (Lipinski definition) is 9. The maximum absolute atomic E-state index is 12.9. The second-order valence-corrected chi connectivity index (χ2v) is 9.02. The van der Waals surface area contributed by atoms with Crippen molar-refractivity contribution in [2.45, 2.75) is 0 Å². The van der Waals surface area contributed by atoms with Crippen LogP contribution < -0.4 is 15.0 Å². The average Bonchev–Trinajstić information content (AvgIpc) is 3.44. The molecule has 0 aliphatic carbocycles. The zero-order valence-corrected chi connectivity index (χ0v) is 20.0. The van der Waals surface area contributed by atoms with Gasteiger partial charge in [0.15, 0.2) is 0 Å². The molecule has 0 atom stereocenters. The Morgan fingerprint density at radius 1 is 1.14 bits per heavy atom. The molecular weight excluding hydrogens is 470 g/mol. The third-order valence-corrected chi connectivity index (χ3v) is 6.79. The first-order chi connectivity index (χ1) is 16.9. The number of likely N-dealkylation sites (N-methyl/N-ethyl adjacent to an activating group) is 1. The number of thiazole rings is 1. The van der Waals surface area contributed by atoms with Gasteiger partial charge in [-0.05, 0) is 43.4 Å². The Morgan fingerprint density at radius 3 is 2.57 bits per heavy atom. The molecule has 0 spiro atoms. The number of nitro benzene ring substituents is 1. The van der Waals surface area contributed by atoms with Crippen LogP contribution in [-0.4, -0.2) is 70.7 Å². The molecular formula is C23H23N7O4S. The van der Waals surface area contributed by atoms with Crippen LogP contribution in [0.1, 0.15) is 10.4 Å². The number of methoxy groups -OCH3 is 1. The number of rotatable bonds is 6. The lowest BCUT2D eigenvalue weighted by Gasteiger charge is -2.33. The quantitative estimate of drug-likeness (QED) is 0.321. The molecule has 0 bridgehead atoms. The Morgan fingerprint density at radius 2 is 1.89 bits per heavy atom. The predicted octanol–water partition coefficient (Wildman–Crippen LogP) is 3.38.